The molecule has 28 heavy (non-hydrogen) atoms. The summed E-state index contributed by atoms with van der Waals surface area (Å²) in [5.74, 6) is -0.474. The topological polar surface area (TPSA) is 110 Å². The zero-order valence-corrected chi connectivity index (χ0v) is 15.7. The van der Waals surface area contributed by atoms with Crippen LogP contribution in [0, 0.1) is 0 Å². The molecule has 0 bridgehead atoms. The minimum atomic E-state index is -0.908. The Bertz CT molecular complexity index is 1220. The summed E-state index contributed by atoms with van der Waals surface area (Å²) in [6.07, 6.45) is -0.0535. The number of fused-ring (bicyclic) bond motifs is 3. The van der Waals surface area contributed by atoms with E-state index < -0.39 is 29.3 Å². The summed E-state index contributed by atoms with van der Waals surface area (Å²) < 4.78 is 6.82. The maximum atomic E-state index is 12.9. The summed E-state index contributed by atoms with van der Waals surface area (Å²) in [6.45, 7) is 0.303. The van der Waals surface area contributed by atoms with Crippen molar-refractivity contribution in [3.8, 4) is 5.88 Å². The standard InChI is InChI=1S/C19H20N4O5/c1-21-16(24)13(17(25)22(2)18(21)26)15-14-11(8-9-23(15)19(27)28-3)10-6-4-5-7-12(10)20-14/h4-7,15,20,24H,8-9H2,1-3H3. The fraction of sp³-hybridized carbons (Fsp3) is 0.316. The third-order valence-corrected chi connectivity index (χ3v) is 5.38. The summed E-state index contributed by atoms with van der Waals surface area (Å²) in [4.78, 5) is 42.2. The number of carbonyl (C=O) groups excluding carboxylic acids is 1. The Balaban J connectivity index is 2.07. The molecule has 1 unspecified atom stereocenters. The number of methoxy groups -OCH3 is 1. The number of aromatic amines is 1. The average Bonchev–Trinajstić information content (AvgIpc) is 3.09. The highest BCUT2D eigenvalue weighted by atomic mass is 16.5. The van der Waals surface area contributed by atoms with E-state index in [-0.39, 0.29) is 5.56 Å². The number of carbonyl (C=O) groups is 1. The van der Waals surface area contributed by atoms with Crippen molar-refractivity contribution >= 4 is 17.0 Å². The van der Waals surface area contributed by atoms with Crippen LogP contribution in [-0.2, 0) is 25.3 Å². The Morgan fingerprint density at radius 3 is 2.64 bits per heavy atom. The molecule has 9 nitrogen and oxygen atoms in total. The second kappa shape index (κ2) is 6.29. The predicted octanol–water partition coefficient (Wildman–Crippen LogP) is 0.985. The SMILES string of the molecule is COC(=O)N1CCc2c([nH]c3ccccc23)C1c1c(O)n(C)c(=O)n(C)c1=O. The highest BCUT2D eigenvalue weighted by Crippen LogP contribution is 2.39. The first-order valence-corrected chi connectivity index (χ1v) is 8.79. The molecular weight excluding hydrogens is 364 g/mol. The lowest BCUT2D eigenvalue weighted by Gasteiger charge is -2.34. The van der Waals surface area contributed by atoms with Gasteiger partial charge < -0.3 is 14.8 Å². The van der Waals surface area contributed by atoms with Gasteiger partial charge in [-0.05, 0) is 18.1 Å². The van der Waals surface area contributed by atoms with Crippen LogP contribution >= 0.6 is 0 Å². The number of benzene rings is 1. The van der Waals surface area contributed by atoms with Crippen LogP contribution in [0.5, 0.6) is 5.88 Å². The minimum absolute atomic E-state index is 0.0532. The Morgan fingerprint density at radius 1 is 1.21 bits per heavy atom. The Labute approximate surface area is 159 Å². The monoisotopic (exact) mass is 384 g/mol. The number of amides is 1. The van der Waals surface area contributed by atoms with Crippen molar-refractivity contribution in [2.24, 2.45) is 14.1 Å². The second-order valence-corrected chi connectivity index (χ2v) is 6.82. The number of H-pyrrole nitrogens is 1. The number of hydrogen-bond donors (Lipinski definition) is 2. The largest absolute Gasteiger partial charge is 0.494 e. The molecule has 146 valence electrons. The smallest absolute Gasteiger partial charge is 0.410 e. The van der Waals surface area contributed by atoms with E-state index in [0.29, 0.717) is 18.7 Å². The molecule has 1 aromatic carbocycles. The van der Waals surface area contributed by atoms with Gasteiger partial charge in [-0.25, -0.2) is 9.59 Å². The average molecular weight is 384 g/mol. The summed E-state index contributed by atoms with van der Waals surface area (Å²) in [7, 11) is 3.97. The van der Waals surface area contributed by atoms with Crippen molar-refractivity contribution < 1.29 is 14.6 Å². The number of nitrogens with zero attached hydrogens (tertiary/aromatic N) is 3. The second-order valence-electron chi connectivity index (χ2n) is 6.82. The molecule has 2 N–H and O–H groups in total. The van der Waals surface area contributed by atoms with Crippen molar-refractivity contribution in [2.45, 2.75) is 12.5 Å². The molecule has 3 heterocycles. The third-order valence-electron chi connectivity index (χ3n) is 5.38. The van der Waals surface area contributed by atoms with Gasteiger partial charge in [-0.1, -0.05) is 18.2 Å². The predicted molar refractivity (Wildman–Crippen MR) is 102 cm³/mol. The maximum absolute atomic E-state index is 12.9. The van der Waals surface area contributed by atoms with Crippen LogP contribution < -0.4 is 11.2 Å². The maximum Gasteiger partial charge on any atom is 0.410 e. The van der Waals surface area contributed by atoms with Gasteiger partial charge in [0.15, 0.2) is 0 Å². The number of aromatic hydroxyl groups is 1. The summed E-state index contributed by atoms with van der Waals surface area (Å²) >= 11 is 0. The molecule has 0 aliphatic carbocycles. The van der Waals surface area contributed by atoms with Crippen LogP contribution in [0.2, 0.25) is 0 Å². The van der Waals surface area contributed by atoms with Gasteiger partial charge >= 0.3 is 11.8 Å². The van der Waals surface area contributed by atoms with Crippen molar-refractivity contribution in [2.75, 3.05) is 13.7 Å². The lowest BCUT2D eigenvalue weighted by atomic mass is 9.93. The van der Waals surface area contributed by atoms with E-state index in [1.54, 1.807) is 0 Å². The van der Waals surface area contributed by atoms with Gasteiger partial charge in [0.2, 0.25) is 5.88 Å². The number of para-hydroxylation sites is 1. The van der Waals surface area contributed by atoms with Crippen LogP contribution in [0.1, 0.15) is 22.9 Å². The van der Waals surface area contributed by atoms with E-state index in [1.165, 1.54) is 26.1 Å². The van der Waals surface area contributed by atoms with Crippen LogP contribution in [0.3, 0.4) is 0 Å². The molecule has 1 amide bonds. The summed E-state index contributed by atoms with van der Waals surface area (Å²) in [6, 6.07) is 6.77. The summed E-state index contributed by atoms with van der Waals surface area (Å²) in [5.41, 5.74) is 1.10. The van der Waals surface area contributed by atoms with Crippen molar-refractivity contribution in [1.82, 2.24) is 19.0 Å². The van der Waals surface area contributed by atoms with Gasteiger partial charge in [-0.2, -0.15) is 0 Å². The molecule has 9 heteroatoms. The van der Waals surface area contributed by atoms with Crippen molar-refractivity contribution in [3.63, 3.8) is 0 Å². The van der Waals surface area contributed by atoms with E-state index in [2.05, 4.69) is 4.98 Å². The molecule has 0 fully saturated rings. The number of hydrogen-bond acceptors (Lipinski definition) is 5. The van der Waals surface area contributed by atoms with Gasteiger partial charge in [-0.15, -0.1) is 0 Å². The number of rotatable bonds is 1. The molecule has 3 aromatic rings. The Hall–Kier alpha value is -3.49. The molecule has 0 saturated heterocycles. The highest BCUT2D eigenvalue weighted by Gasteiger charge is 2.39. The molecule has 4 rings (SSSR count). The normalized spacial score (nSPS) is 16.2. The molecule has 1 atom stereocenters. The highest BCUT2D eigenvalue weighted by molar-refractivity contribution is 5.86. The zero-order chi connectivity index (χ0) is 20.2. The summed E-state index contributed by atoms with van der Waals surface area (Å²) in [5, 5.41) is 11.7. The van der Waals surface area contributed by atoms with E-state index in [4.69, 9.17) is 4.74 Å². The molecule has 0 saturated carbocycles. The quantitative estimate of drug-likeness (QED) is 0.650. The molecule has 1 aliphatic rings. The third kappa shape index (κ3) is 2.35. The van der Waals surface area contributed by atoms with Crippen LogP contribution in [0.4, 0.5) is 4.79 Å². The first-order valence-electron chi connectivity index (χ1n) is 8.79. The van der Waals surface area contributed by atoms with Crippen molar-refractivity contribution in [3.05, 3.63) is 61.9 Å². The number of ether oxygens (including phenoxy) is 1. The van der Waals surface area contributed by atoms with E-state index in [9.17, 15) is 19.5 Å². The fourth-order valence-corrected chi connectivity index (χ4v) is 3.95. The van der Waals surface area contributed by atoms with Crippen molar-refractivity contribution in [1.29, 1.82) is 0 Å². The Morgan fingerprint density at radius 2 is 1.93 bits per heavy atom. The number of aromatic nitrogens is 3. The molecule has 0 spiro atoms. The van der Waals surface area contributed by atoms with E-state index in [0.717, 1.165) is 25.6 Å². The zero-order valence-electron chi connectivity index (χ0n) is 15.7. The van der Waals surface area contributed by atoms with Crippen LogP contribution in [0.15, 0.2) is 33.9 Å². The van der Waals surface area contributed by atoms with Crippen LogP contribution in [-0.4, -0.2) is 43.9 Å². The Kier molecular flexibility index (Phi) is 4.02. The van der Waals surface area contributed by atoms with Gasteiger partial charge in [0.1, 0.15) is 11.6 Å². The lowest BCUT2D eigenvalue weighted by molar-refractivity contribution is 0.107. The lowest BCUT2D eigenvalue weighted by Crippen LogP contribution is -2.46. The van der Waals surface area contributed by atoms with Gasteiger partial charge in [0.25, 0.3) is 5.56 Å². The van der Waals surface area contributed by atoms with Gasteiger partial charge in [0.05, 0.1) is 7.11 Å². The van der Waals surface area contributed by atoms with E-state index >= 15 is 0 Å². The number of nitrogens with one attached hydrogen (secondary N) is 1. The molecule has 2 aromatic heterocycles. The van der Waals surface area contributed by atoms with E-state index in [1.807, 2.05) is 24.3 Å². The van der Waals surface area contributed by atoms with Gasteiger partial charge in [-0.3, -0.25) is 18.8 Å². The van der Waals surface area contributed by atoms with Gasteiger partial charge in [0, 0.05) is 37.2 Å². The molecule has 0 radical (unpaired) electrons. The molecular formula is C19H20N4O5. The first kappa shape index (κ1) is 17.9. The minimum Gasteiger partial charge on any atom is -0.494 e. The fourth-order valence-electron chi connectivity index (χ4n) is 3.95. The first-order chi connectivity index (χ1) is 13.4. The van der Waals surface area contributed by atoms with Crippen LogP contribution in [0.25, 0.3) is 10.9 Å². The molecule has 1 aliphatic heterocycles.